The minimum absolute atomic E-state index is 0.0321. The molecule has 0 radical (unpaired) electrons. The lowest BCUT2D eigenvalue weighted by atomic mass is 9.97. The summed E-state index contributed by atoms with van der Waals surface area (Å²) in [6.07, 6.45) is 6.20. The van der Waals surface area contributed by atoms with Crippen molar-refractivity contribution in [2.45, 2.75) is 12.5 Å². The van der Waals surface area contributed by atoms with Crippen LogP contribution in [0.15, 0.2) is 61.1 Å². The zero-order valence-corrected chi connectivity index (χ0v) is 10.5. The van der Waals surface area contributed by atoms with Gasteiger partial charge in [-0.2, -0.15) is 0 Å². The minimum Gasteiger partial charge on any atom is -0.324 e. The molecule has 2 heterocycles. The number of hydrogen-bond donors (Lipinski definition) is 1. The molecule has 3 aromatic rings. The summed E-state index contributed by atoms with van der Waals surface area (Å²) >= 11 is 0. The van der Waals surface area contributed by atoms with Gasteiger partial charge in [0.25, 0.3) is 0 Å². The fourth-order valence-electron chi connectivity index (χ4n) is 2.33. The lowest BCUT2D eigenvalue weighted by molar-refractivity contribution is 0.727. The molecule has 19 heavy (non-hydrogen) atoms. The molecule has 2 N–H and O–H groups in total. The Morgan fingerprint density at radius 3 is 2.63 bits per heavy atom. The Bertz CT molecular complexity index is 674. The second-order valence-electron chi connectivity index (χ2n) is 4.58. The number of nitrogens with two attached hydrogens (primary N) is 1. The van der Waals surface area contributed by atoms with E-state index in [0.29, 0.717) is 0 Å². The average molecular weight is 249 g/mol. The molecule has 3 heteroatoms. The highest BCUT2D eigenvalue weighted by Crippen LogP contribution is 2.23. The van der Waals surface area contributed by atoms with E-state index in [9.17, 15) is 0 Å². The van der Waals surface area contributed by atoms with Gasteiger partial charge in [0, 0.05) is 30.0 Å². The summed E-state index contributed by atoms with van der Waals surface area (Å²) in [5, 5.41) is 1.13. The Labute approximate surface area is 112 Å². The lowest BCUT2D eigenvalue weighted by Gasteiger charge is -2.14. The van der Waals surface area contributed by atoms with Crippen LogP contribution in [0.5, 0.6) is 0 Å². The Morgan fingerprint density at radius 2 is 1.79 bits per heavy atom. The van der Waals surface area contributed by atoms with Crippen molar-refractivity contribution in [3.63, 3.8) is 0 Å². The molecule has 0 amide bonds. The average Bonchev–Trinajstić information content (AvgIpc) is 2.47. The molecule has 0 aliphatic rings. The van der Waals surface area contributed by atoms with Crippen molar-refractivity contribution in [2.24, 2.45) is 5.73 Å². The summed E-state index contributed by atoms with van der Waals surface area (Å²) in [6.45, 7) is 0. The van der Waals surface area contributed by atoms with Gasteiger partial charge in [0.2, 0.25) is 0 Å². The van der Waals surface area contributed by atoms with Gasteiger partial charge in [-0.15, -0.1) is 0 Å². The maximum Gasteiger partial charge on any atom is 0.0705 e. The molecule has 1 aromatic carbocycles. The van der Waals surface area contributed by atoms with Crippen molar-refractivity contribution in [3.05, 3.63) is 72.2 Å². The summed E-state index contributed by atoms with van der Waals surface area (Å²) in [6, 6.07) is 14.1. The van der Waals surface area contributed by atoms with Gasteiger partial charge in [-0.1, -0.05) is 18.2 Å². The first kappa shape index (κ1) is 11.8. The molecule has 0 aliphatic carbocycles. The number of aromatic nitrogens is 2. The smallest absolute Gasteiger partial charge is 0.0705 e. The molecule has 0 saturated carbocycles. The van der Waals surface area contributed by atoms with E-state index in [1.165, 1.54) is 5.56 Å². The Balaban J connectivity index is 1.96. The van der Waals surface area contributed by atoms with Gasteiger partial charge in [0.1, 0.15) is 0 Å². The number of pyridine rings is 2. The first-order valence-corrected chi connectivity index (χ1v) is 6.33. The third-order valence-electron chi connectivity index (χ3n) is 3.28. The quantitative estimate of drug-likeness (QED) is 0.776. The molecule has 0 spiro atoms. The van der Waals surface area contributed by atoms with E-state index < -0.39 is 0 Å². The molecule has 0 aliphatic heterocycles. The van der Waals surface area contributed by atoms with Gasteiger partial charge < -0.3 is 5.73 Å². The second-order valence-corrected chi connectivity index (χ2v) is 4.58. The van der Waals surface area contributed by atoms with Crippen molar-refractivity contribution in [1.82, 2.24) is 9.97 Å². The lowest BCUT2D eigenvalue weighted by Crippen LogP contribution is -2.13. The van der Waals surface area contributed by atoms with Crippen LogP contribution in [0.25, 0.3) is 10.9 Å². The van der Waals surface area contributed by atoms with Crippen LogP contribution in [0.1, 0.15) is 17.2 Å². The zero-order valence-electron chi connectivity index (χ0n) is 10.5. The molecule has 1 unspecified atom stereocenters. The van der Waals surface area contributed by atoms with E-state index in [4.69, 9.17) is 5.73 Å². The van der Waals surface area contributed by atoms with E-state index in [1.807, 2.05) is 30.3 Å². The van der Waals surface area contributed by atoms with Gasteiger partial charge in [0.05, 0.1) is 5.52 Å². The number of nitrogens with zero attached hydrogens (tertiary/aromatic N) is 2. The van der Waals surface area contributed by atoms with Gasteiger partial charge in [-0.25, -0.2) is 0 Å². The summed E-state index contributed by atoms with van der Waals surface area (Å²) in [7, 11) is 0. The number of fused-ring (bicyclic) bond motifs is 1. The summed E-state index contributed by atoms with van der Waals surface area (Å²) < 4.78 is 0. The van der Waals surface area contributed by atoms with Crippen LogP contribution in [0, 0.1) is 0 Å². The molecule has 2 aromatic heterocycles. The fraction of sp³-hybridized carbons (Fsp3) is 0.125. The normalized spacial score (nSPS) is 12.5. The molecular formula is C16H15N3. The molecular weight excluding hydrogens is 234 g/mol. The van der Waals surface area contributed by atoms with Crippen LogP contribution < -0.4 is 5.73 Å². The van der Waals surface area contributed by atoms with Crippen molar-refractivity contribution in [3.8, 4) is 0 Å². The Kier molecular flexibility index (Phi) is 3.21. The maximum absolute atomic E-state index is 6.34. The third kappa shape index (κ3) is 2.46. The summed E-state index contributed by atoms with van der Waals surface area (Å²) in [5.41, 5.74) is 9.67. The number of rotatable bonds is 3. The van der Waals surface area contributed by atoms with Gasteiger partial charge in [-0.05, 0) is 41.8 Å². The summed E-state index contributed by atoms with van der Waals surface area (Å²) in [4.78, 5) is 8.39. The Hall–Kier alpha value is -2.26. The van der Waals surface area contributed by atoms with E-state index >= 15 is 0 Å². The standard InChI is InChI=1S/C16H15N3/c17-15(11-12-6-9-18-10-7-12)13-3-1-5-16-14(13)4-2-8-19-16/h1-10,15H,11,17H2. The van der Waals surface area contributed by atoms with Crippen LogP contribution in [0.2, 0.25) is 0 Å². The number of benzene rings is 1. The monoisotopic (exact) mass is 249 g/mol. The van der Waals surface area contributed by atoms with Crippen LogP contribution in [0.4, 0.5) is 0 Å². The maximum atomic E-state index is 6.34. The fourth-order valence-corrected chi connectivity index (χ4v) is 2.33. The predicted octanol–water partition coefficient (Wildman–Crippen LogP) is 2.87. The molecule has 0 saturated heterocycles. The predicted molar refractivity (Wildman–Crippen MR) is 76.6 cm³/mol. The van der Waals surface area contributed by atoms with Crippen molar-refractivity contribution in [2.75, 3.05) is 0 Å². The van der Waals surface area contributed by atoms with Crippen LogP contribution in [-0.2, 0) is 6.42 Å². The van der Waals surface area contributed by atoms with Gasteiger partial charge in [0.15, 0.2) is 0 Å². The molecule has 3 rings (SSSR count). The van der Waals surface area contributed by atoms with Crippen LogP contribution >= 0.6 is 0 Å². The van der Waals surface area contributed by atoms with Crippen LogP contribution in [-0.4, -0.2) is 9.97 Å². The molecule has 94 valence electrons. The van der Waals surface area contributed by atoms with Crippen molar-refractivity contribution < 1.29 is 0 Å². The molecule has 1 atom stereocenters. The minimum atomic E-state index is -0.0321. The van der Waals surface area contributed by atoms with E-state index in [0.717, 1.165) is 22.9 Å². The largest absolute Gasteiger partial charge is 0.324 e. The first-order chi connectivity index (χ1) is 9.34. The topological polar surface area (TPSA) is 51.8 Å². The van der Waals surface area contributed by atoms with Crippen LogP contribution in [0.3, 0.4) is 0 Å². The van der Waals surface area contributed by atoms with Crippen molar-refractivity contribution in [1.29, 1.82) is 0 Å². The first-order valence-electron chi connectivity index (χ1n) is 6.33. The third-order valence-corrected chi connectivity index (χ3v) is 3.28. The summed E-state index contributed by atoms with van der Waals surface area (Å²) in [5.74, 6) is 0. The second kappa shape index (κ2) is 5.16. The van der Waals surface area contributed by atoms with E-state index in [2.05, 4.69) is 22.1 Å². The molecule has 3 nitrogen and oxygen atoms in total. The highest BCUT2D eigenvalue weighted by atomic mass is 14.7. The SMILES string of the molecule is NC(Cc1ccncc1)c1cccc2ncccc12. The van der Waals surface area contributed by atoms with E-state index in [1.54, 1.807) is 18.6 Å². The van der Waals surface area contributed by atoms with Crippen molar-refractivity contribution >= 4 is 10.9 Å². The highest BCUT2D eigenvalue weighted by molar-refractivity contribution is 5.82. The van der Waals surface area contributed by atoms with Gasteiger partial charge in [-0.3, -0.25) is 9.97 Å². The van der Waals surface area contributed by atoms with Gasteiger partial charge >= 0.3 is 0 Å². The van der Waals surface area contributed by atoms with E-state index in [-0.39, 0.29) is 6.04 Å². The Morgan fingerprint density at radius 1 is 0.947 bits per heavy atom. The molecule has 0 bridgehead atoms. The molecule has 0 fully saturated rings. The highest BCUT2D eigenvalue weighted by Gasteiger charge is 2.10. The zero-order chi connectivity index (χ0) is 13.1. The number of hydrogen-bond acceptors (Lipinski definition) is 3.